The van der Waals surface area contributed by atoms with Crippen LogP contribution in [-0.2, 0) is 9.53 Å². The van der Waals surface area contributed by atoms with Crippen molar-refractivity contribution in [2.24, 2.45) is 10.9 Å². The van der Waals surface area contributed by atoms with E-state index < -0.39 is 0 Å². The van der Waals surface area contributed by atoms with Crippen LogP contribution in [0.25, 0.3) is 0 Å². The molecular formula is C17H31N5O3. The van der Waals surface area contributed by atoms with Gasteiger partial charge < -0.3 is 25.2 Å². The van der Waals surface area contributed by atoms with E-state index in [-0.39, 0.29) is 24.6 Å². The molecule has 2 N–H and O–H groups in total. The lowest BCUT2D eigenvalue weighted by atomic mass is 10.1. The van der Waals surface area contributed by atoms with Crippen LogP contribution in [0.2, 0.25) is 0 Å². The van der Waals surface area contributed by atoms with Crippen molar-refractivity contribution >= 4 is 18.0 Å². The largest absolute Gasteiger partial charge is 0.450 e. The summed E-state index contributed by atoms with van der Waals surface area (Å²) >= 11 is 0. The maximum atomic E-state index is 11.8. The second kappa shape index (κ2) is 8.92. The molecule has 8 heteroatoms. The first-order valence-corrected chi connectivity index (χ1v) is 9.10. The molecule has 1 saturated heterocycles. The Morgan fingerprint density at radius 2 is 1.88 bits per heavy atom. The van der Waals surface area contributed by atoms with E-state index in [0.29, 0.717) is 37.6 Å². The Hall–Kier alpha value is -1.99. The number of ether oxygens (including phenoxy) is 1. The van der Waals surface area contributed by atoms with Gasteiger partial charge in [-0.2, -0.15) is 0 Å². The molecule has 1 heterocycles. The fourth-order valence-electron chi connectivity index (χ4n) is 2.73. The fraction of sp³-hybridized carbons (Fsp3) is 0.824. The Balaban J connectivity index is 1.85. The van der Waals surface area contributed by atoms with Gasteiger partial charge in [0.2, 0.25) is 5.91 Å². The van der Waals surface area contributed by atoms with Gasteiger partial charge in [0.15, 0.2) is 5.96 Å². The van der Waals surface area contributed by atoms with Crippen LogP contribution in [0.1, 0.15) is 33.1 Å². The van der Waals surface area contributed by atoms with Crippen molar-refractivity contribution < 1.29 is 14.3 Å². The summed E-state index contributed by atoms with van der Waals surface area (Å²) in [5, 5.41) is 6.82. The minimum atomic E-state index is -0.239. The van der Waals surface area contributed by atoms with Crippen molar-refractivity contribution in [1.29, 1.82) is 0 Å². The maximum Gasteiger partial charge on any atom is 0.409 e. The lowest BCUT2D eigenvalue weighted by Gasteiger charge is -2.32. The standard InChI is InChI=1S/C17H31N5O3/c1-5-25-17(24)22-8-6-13(7-9-22)19-16(20-14-10-12(14)2)18-11-15(23)21(3)4/h12-14H,5-11H2,1-4H3,(H2,18,19,20). The first-order chi connectivity index (χ1) is 11.9. The van der Waals surface area contributed by atoms with Gasteiger partial charge in [0.1, 0.15) is 6.54 Å². The average molecular weight is 353 g/mol. The normalized spacial score (nSPS) is 23.8. The number of rotatable bonds is 5. The van der Waals surface area contributed by atoms with Crippen LogP contribution in [0.4, 0.5) is 4.79 Å². The van der Waals surface area contributed by atoms with Gasteiger partial charge >= 0.3 is 6.09 Å². The van der Waals surface area contributed by atoms with E-state index in [2.05, 4.69) is 22.5 Å². The zero-order valence-electron chi connectivity index (χ0n) is 15.7. The highest BCUT2D eigenvalue weighted by molar-refractivity contribution is 5.85. The molecule has 0 aromatic heterocycles. The van der Waals surface area contributed by atoms with E-state index in [1.807, 2.05) is 6.92 Å². The van der Waals surface area contributed by atoms with E-state index in [1.54, 1.807) is 23.9 Å². The number of nitrogens with one attached hydrogen (secondary N) is 2. The van der Waals surface area contributed by atoms with E-state index >= 15 is 0 Å². The molecule has 0 spiro atoms. The van der Waals surface area contributed by atoms with Crippen molar-refractivity contribution in [2.75, 3.05) is 40.3 Å². The molecule has 2 fully saturated rings. The van der Waals surface area contributed by atoms with Gasteiger partial charge in [-0.25, -0.2) is 9.79 Å². The molecule has 1 aliphatic carbocycles. The number of guanidine groups is 1. The number of amides is 2. The molecule has 25 heavy (non-hydrogen) atoms. The number of carbonyl (C=O) groups excluding carboxylic acids is 2. The van der Waals surface area contributed by atoms with E-state index in [9.17, 15) is 9.59 Å². The molecule has 2 rings (SSSR count). The van der Waals surface area contributed by atoms with Crippen molar-refractivity contribution in [3.05, 3.63) is 0 Å². The number of likely N-dealkylation sites (tertiary alicyclic amines) is 1. The number of piperidine rings is 1. The summed E-state index contributed by atoms with van der Waals surface area (Å²) in [7, 11) is 3.46. The highest BCUT2D eigenvalue weighted by atomic mass is 16.6. The lowest BCUT2D eigenvalue weighted by molar-refractivity contribution is -0.127. The van der Waals surface area contributed by atoms with Crippen molar-refractivity contribution in [3.63, 3.8) is 0 Å². The zero-order valence-corrected chi connectivity index (χ0v) is 15.7. The van der Waals surface area contributed by atoms with Crippen LogP contribution in [0, 0.1) is 5.92 Å². The minimum Gasteiger partial charge on any atom is -0.450 e. The van der Waals surface area contributed by atoms with E-state index in [4.69, 9.17) is 4.74 Å². The Bertz CT molecular complexity index is 501. The van der Waals surface area contributed by atoms with Gasteiger partial charge in [0.05, 0.1) is 6.61 Å². The zero-order chi connectivity index (χ0) is 18.4. The number of aliphatic imine (C=N–C) groups is 1. The highest BCUT2D eigenvalue weighted by Gasteiger charge is 2.34. The predicted molar refractivity (Wildman–Crippen MR) is 96.5 cm³/mol. The van der Waals surface area contributed by atoms with Crippen LogP contribution < -0.4 is 10.6 Å². The molecule has 142 valence electrons. The first-order valence-electron chi connectivity index (χ1n) is 9.10. The molecule has 0 bridgehead atoms. The highest BCUT2D eigenvalue weighted by Crippen LogP contribution is 2.28. The van der Waals surface area contributed by atoms with Gasteiger partial charge in [-0.05, 0) is 32.1 Å². The molecule has 0 aromatic carbocycles. The van der Waals surface area contributed by atoms with Crippen molar-refractivity contribution in [2.45, 2.75) is 45.2 Å². The Morgan fingerprint density at radius 3 is 2.40 bits per heavy atom. The summed E-state index contributed by atoms with van der Waals surface area (Å²) in [4.78, 5) is 31.3. The number of likely N-dealkylation sites (N-methyl/N-ethyl adjacent to an activating group) is 1. The molecule has 2 unspecified atom stereocenters. The molecule has 0 radical (unpaired) electrons. The molecular weight excluding hydrogens is 322 g/mol. The van der Waals surface area contributed by atoms with E-state index in [0.717, 1.165) is 19.3 Å². The topological polar surface area (TPSA) is 86.3 Å². The average Bonchev–Trinajstić information content (AvgIpc) is 3.27. The fourth-order valence-corrected chi connectivity index (χ4v) is 2.73. The molecule has 2 amide bonds. The van der Waals surface area contributed by atoms with Crippen LogP contribution in [-0.4, -0.2) is 80.2 Å². The van der Waals surface area contributed by atoms with Gasteiger partial charge in [0.25, 0.3) is 0 Å². The van der Waals surface area contributed by atoms with Crippen molar-refractivity contribution in [3.8, 4) is 0 Å². The van der Waals surface area contributed by atoms with Gasteiger partial charge in [0, 0.05) is 39.3 Å². The van der Waals surface area contributed by atoms with Crippen LogP contribution in [0.3, 0.4) is 0 Å². The third-order valence-electron chi connectivity index (χ3n) is 4.66. The van der Waals surface area contributed by atoms with Crippen LogP contribution >= 0.6 is 0 Å². The second-order valence-corrected chi connectivity index (χ2v) is 7.02. The summed E-state index contributed by atoms with van der Waals surface area (Å²) in [6.07, 6.45) is 2.56. The molecule has 1 aliphatic heterocycles. The molecule has 2 aliphatic rings. The third-order valence-corrected chi connectivity index (χ3v) is 4.66. The Labute approximate surface area is 150 Å². The maximum absolute atomic E-state index is 11.8. The predicted octanol–water partition coefficient (Wildman–Crippen LogP) is 0.639. The smallest absolute Gasteiger partial charge is 0.409 e. The molecule has 1 saturated carbocycles. The minimum absolute atomic E-state index is 0.0259. The number of carbonyl (C=O) groups is 2. The first kappa shape index (κ1) is 19.3. The molecule has 2 atom stereocenters. The van der Waals surface area contributed by atoms with E-state index in [1.165, 1.54) is 0 Å². The summed E-state index contributed by atoms with van der Waals surface area (Å²) in [5.74, 6) is 1.31. The number of nitrogens with zero attached hydrogens (tertiary/aromatic N) is 3. The number of hydrogen-bond donors (Lipinski definition) is 2. The quantitative estimate of drug-likeness (QED) is 0.560. The van der Waals surface area contributed by atoms with Gasteiger partial charge in [-0.3, -0.25) is 4.79 Å². The number of hydrogen-bond acceptors (Lipinski definition) is 4. The van der Waals surface area contributed by atoms with Crippen LogP contribution in [0.15, 0.2) is 4.99 Å². The SMILES string of the molecule is CCOC(=O)N1CCC(NC(=NCC(=O)N(C)C)NC2CC2C)CC1. The third kappa shape index (κ3) is 6.10. The summed E-state index contributed by atoms with van der Waals surface area (Å²) < 4.78 is 5.05. The lowest BCUT2D eigenvalue weighted by Crippen LogP contribution is -2.50. The molecule has 0 aromatic rings. The van der Waals surface area contributed by atoms with Crippen LogP contribution in [0.5, 0.6) is 0 Å². The van der Waals surface area contributed by atoms with Gasteiger partial charge in [-0.15, -0.1) is 0 Å². The molecule has 8 nitrogen and oxygen atoms in total. The summed E-state index contributed by atoms with van der Waals surface area (Å²) in [6.45, 7) is 5.87. The summed E-state index contributed by atoms with van der Waals surface area (Å²) in [6, 6.07) is 0.667. The monoisotopic (exact) mass is 353 g/mol. The van der Waals surface area contributed by atoms with Crippen molar-refractivity contribution in [1.82, 2.24) is 20.4 Å². The second-order valence-electron chi connectivity index (χ2n) is 7.02. The Kier molecular flexibility index (Phi) is 6.90. The Morgan fingerprint density at radius 1 is 1.24 bits per heavy atom. The summed E-state index contributed by atoms with van der Waals surface area (Å²) in [5.41, 5.74) is 0. The van der Waals surface area contributed by atoms with Gasteiger partial charge in [-0.1, -0.05) is 6.92 Å².